The minimum atomic E-state index is -1.12. The van der Waals surface area contributed by atoms with Gasteiger partial charge in [0.2, 0.25) is 0 Å². The quantitative estimate of drug-likeness (QED) is 0.515. The van der Waals surface area contributed by atoms with E-state index in [1.165, 1.54) is 14.0 Å². The van der Waals surface area contributed by atoms with E-state index in [2.05, 4.69) is 10.6 Å². The molecule has 1 atom stereocenters. The van der Waals surface area contributed by atoms with Crippen LogP contribution in [-0.2, 0) is 19.1 Å². The molecule has 1 aromatic rings. The van der Waals surface area contributed by atoms with Gasteiger partial charge in [-0.2, -0.15) is 0 Å². The molecule has 1 saturated heterocycles. The highest BCUT2D eigenvalue weighted by Gasteiger charge is 2.49. The Balaban J connectivity index is 1.96. The van der Waals surface area contributed by atoms with E-state index in [1.54, 1.807) is 38.1 Å². The highest BCUT2D eigenvalue weighted by molar-refractivity contribution is 6.08. The first kappa shape index (κ1) is 21.2. The fraction of sp³-hybridized carbons (Fsp3) is 0.474. The van der Waals surface area contributed by atoms with Crippen molar-refractivity contribution in [3.63, 3.8) is 0 Å². The number of benzene rings is 1. The minimum absolute atomic E-state index is 0.414. The van der Waals surface area contributed by atoms with Gasteiger partial charge >= 0.3 is 12.0 Å². The number of carbonyl (C=O) groups excluding carboxylic acids is 4. The molecular formula is C19H25N3O6. The summed E-state index contributed by atoms with van der Waals surface area (Å²) in [5.41, 5.74) is -0.563. The maximum Gasteiger partial charge on any atom is 0.327 e. The van der Waals surface area contributed by atoms with Gasteiger partial charge in [-0.05, 0) is 31.9 Å². The molecule has 28 heavy (non-hydrogen) atoms. The third kappa shape index (κ3) is 4.24. The number of urea groups is 1. The molecule has 0 aromatic heterocycles. The molecule has 0 bridgehead atoms. The molecule has 1 aliphatic rings. The number of nitrogens with zero attached hydrogens (tertiary/aromatic N) is 1. The Kier molecular flexibility index (Phi) is 6.61. The van der Waals surface area contributed by atoms with E-state index in [-0.39, 0.29) is 0 Å². The summed E-state index contributed by atoms with van der Waals surface area (Å²) in [5.74, 6) is -1.42. The van der Waals surface area contributed by atoms with Gasteiger partial charge in [0.05, 0.1) is 12.8 Å². The fourth-order valence-electron chi connectivity index (χ4n) is 2.95. The van der Waals surface area contributed by atoms with E-state index in [0.717, 1.165) is 4.90 Å². The number of ether oxygens (including phenoxy) is 2. The Hall–Kier alpha value is -3.10. The number of anilines is 1. The second-order valence-electron chi connectivity index (χ2n) is 6.43. The van der Waals surface area contributed by atoms with Gasteiger partial charge in [0.15, 0.2) is 6.10 Å². The van der Waals surface area contributed by atoms with Gasteiger partial charge in [-0.3, -0.25) is 19.3 Å². The standard InChI is InChI=1S/C19H25N3O6/c1-5-19(6-2)17(25)22(18(26)21-19)11-15(23)28-12(3)16(24)20-13-9-7-8-10-14(13)27-4/h7-10,12H,5-6,11H2,1-4H3,(H,20,24)(H,21,26)/t12-/m1/s1. The van der Waals surface area contributed by atoms with Gasteiger partial charge in [0, 0.05) is 0 Å². The Morgan fingerprint density at radius 3 is 2.43 bits per heavy atom. The van der Waals surface area contributed by atoms with Gasteiger partial charge in [-0.25, -0.2) is 4.79 Å². The van der Waals surface area contributed by atoms with E-state index < -0.39 is 42.0 Å². The van der Waals surface area contributed by atoms with Crippen LogP contribution in [0.4, 0.5) is 10.5 Å². The van der Waals surface area contributed by atoms with E-state index in [9.17, 15) is 19.2 Å². The number of hydrogen-bond acceptors (Lipinski definition) is 6. The highest BCUT2D eigenvalue weighted by atomic mass is 16.5. The zero-order valence-electron chi connectivity index (χ0n) is 16.4. The van der Waals surface area contributed by atoms with Crippen molar-refractivity contribution in [1.82, 2.24) is 10.2 Å². The summed E-state index contributed by atoms with van der Waals surface area (Å²) >= 11 is 0. The molecule has 9 heteroatoms. The lowest BCUT2D eigenvalue weighted by molar-refractivity contribution is -0.155. The van der Waals surface area contributed by atoms with E-state index in [0.29, 0.717) is 24.3 Å². The van der Waals surface area contributed by atoms with Crippen LogP contribution in [-0.4, -0.2) is 54.0 Å². The summed E-state index contributed by atoms with van der Waals surface area (Å²) in [6, 6.07) is 6.16. The number of nitrogens with one attached hydrogen (secondary N) is 2. The van der Waals surface area contributed by atoms with Crippen molar-refractivity contribution in [1.29, 1.82) is 0 Å². The number of rotatable bonds is 8. The Labute approximate surface area is 163 Å². The number of hydrogen-bond donors (Lipinski definition) is 2. The summed E-state index contributed by atoms with van der Waals surface area (Å²) in [4.78, 5) is 49.8. The lowest BCUT2D eigenvalue weighted by Crippen LogP contribution is -2.46. The number of para-hydroxylation sites is 2. The average molecular weight is 391 g/mol. The maximum atomic E-state index is 12.5. The van der Waals surface area contributed by atoms with Crippen LogP contribution >= 0.6 is 0 Å². The number of methoxy groups -OCH3 is 1. The second kappa shape index (κ2) is 8.73. The SMILES string of the molecule is CCC1(CC)NC(=O)N(CC(=O)O[C@H](C)C(=O)Nc2ccccc2OC)C1=O. The van der Waals surface area contributed by atoms with Crippen LogP contribution in [0, 0.1) is 0 Å². The molecule has 1 fully saturated rings. The molecule has 0 aliphatic carbocycles. The van der Waals surface area contributed by atoms with Crippen molar-refractivity contribution >= 4 is 29.5 Å². The largest absolute Gasteiger partial charge is 0.495 e. The fourth-order valence-corrected chi connectivity index (χ4v) is 2.95. The lowest BCUT2D eigenvalue weighted by Gasteiger charge is -2.23. The van der Waals surface area contributed by atoms with Crippen LogP contribution in [0.3, 0.4) is 0 Å². The van der Waals surface area contributed by atoms with E-state index in [4.69, 9.17) is 9.47 Å². The summed E-state index contributed by atoms with van der Waals surface area (Å²) in [6.45, 7) is 4.41. The van der Waals surface area contributed by atoms with Gasteiger partial charge in [0.1, 0.15) is 17.8 Å². The molecule has 0 radical (unpaired) electrons. The van der Waals surface area contributed by atoms with Crippen LogP contribution in [0.2, 0.25) is 0 Å². The number of esters is 1. The van der Waals surface area contributed by atoms with Crippen molar-refractivity contribution in [2.45, 2.75) is 45.3 Å². The third-order valence-electron chi connectivity index (χ3n) is 4.78. The van der Waals surface area contributed by atoms with E-state index in [1.807, 2.05) is 0 Å². The van der Waals surface area contributed by atoms with Crippen molar-refractivity contribution in [2.24, 2.45) is 0 Å². The summed E-state index contributed by atoms with van der Waals surface area (Å²) in [5, 5.41) is 5.24. The predicted molar refractivity (Wildman–Crippen MR) is 101 cm³/mol. The topological polar surface area (TPSA) is 114 Å². The van der Waals surface area contributed by atoms with Gasteiger partial charge in [-0.15, -0.1) is 0 Å². The Morgan fingerprint density at radius 2 is 1.86 bits per heavy atom. The molecule has 4 amide bonds. The Morgan fingerprint density at radius 1 is 1.21 bits per heavy atom. The summed E-state index contributed by atoms with van der Waals surface area (Å²) in [7, 11) is 1.47. The molecule has 1 heterocycles. The second-order valence-corrected chi connectivity index (χ2v) is 6.43. The highest BCUT2D eigenvalue weighted by Crippen LogP contribution is 2.25. The molecule has 152 valence electrons. The van der Waals surface area contributed by atoms with Crippen LogP contribution < -0.4 is 15.4 Å². The molecule has 2 rings (SSSR count). The monoisotopic (exact) mass is 391 g/mol. The van der Waals surface area contributed by atoms with E-state index >= 15 is 0 Å². The van der Waals surface area contributed by atoms with Gasteiger partial charge in [-0.1, -0.05) is 26.0 Å². The number of carbonyl (C=O) groups is 4. The maximum absolute atomic E-state index is 12.5. The molecule has 0 unspecified atom stereocenters. The van der Waals surface area contributed by atoms with Crippen LogP contribution in [0.1, 0.15) is 33.6 Å². The Bertz CT molecular complexity index is 775. The first-order valence-electron chi connectivity index (χ1n) is 9.05. The summed E-state index contributed by atoms with van der Waals surface area (Å²) < 4.78 is 10.2. The van der Waals surface area contributed by atoms with Crippen molar-refractivity contribution < 1.29 is 28.7 Å². The molecule has 0 saturated carbocycles. The number of imide groups is 1. The average Bonchev–Trinajstić information content (AvgIpc) is 2.92. The van der Waals surface area contributed by atoms with Crippen LogP contribution in [0.25, 0.3) is 0 Å². The lowest BCUT2D eigenvalue weighted by atomic mass is 9.93. The third-order valence-corrected chi connectivity index (χ3v) is 4.78. The molecular weight excluding hydrogens is 366 g/mol. The minimum Gasteiger partial charge on any atom is -0.495 e. The zero-order valence-corrected chi connectivity index (χ0v) is 16.4. The van der Waals surface area contributed by atoms with Crippen molar-refractivity contribution in [2.75, 3.05) is 19.0 Å². The zero-order chi connectivity index (χ0) is 20.9. The summed E-state index contributed by atoms with van der Waals surface area (Å²) in [6.07, 6.45) is -0.297. The smallest absolute Gasteiger partial charge is 0.327 e. The molecule has 2 N–H and O–H groups in total. The molecule has 1 aromatic carbocycles. The van der Waals surface area contributed by atoms with Crippen LogP contribution in [0.15, 0.2) is 24.3 Å². The first-order chi connectivity index (χ1) is 13.3. The first-order valence-corrected chi connectivity index (χ1v) is 9.05. The van der Waals surface area contributed by atoms with Gasteiger partial charge < -0.3 is 20.1 Å². The molecule has 9 nitrogen and oxygen atoms in total. The van der Waals surface area contributed by atoms with Crippen LogP contribution in [0.5, 0.6) is 5.75 Å². The van der Waals surface area contributed by atoms with Gasteiger partial charge in [0.25, 0.3) is 11.8 Å². The molecule has 1 aliphatic heterocycles. The number of amides is 4. The normalized spacial score (nSPS) is 16.4. The predicted octanol–water partition coefficient (Wildman–Crippen LogP) is 1.68. The molecule has 0 spiro atoms. The van der Waals surface area contributed by atoms with Crippen molar-refractivity contribution in [3.05, 3.63) is 24.3 Å². The van der Waals surface area contributed by atoms with Crippen molar-refractivity contribution in [3.8, 4) is 5.75 Å².